The number of benzene rings is 2. The first-order valence-corrected chi connectivity index (χ1v) is 10.4. The van der Waals surface area contributed by atoms with E-state index >= 15 is 0 Å². The van der Waals surface area contributed by atoms with Crippen molar-refractivity contribution >= 4 is 23.8 Å². The number of amides is 2. The summed E-state index contributed by atoms with van der Waals surface area (Å²) in [6.07, 6.45) is -0.793. The van der Waals surface area contributed by atoms with Gasteiger partial charge in [0.15, 0.2) is 0 Å². The van der Waals surface area contributed by atoms with Crippen molar-refractivity contribution in [1.82, 2.24) is 4.90 Å². The van der Waals surface area contributed by atoms with Crippen LogP contribution in [0.2, 0.25) is 0 Å². The van der Waals surface area contributed by atoms with Crippen molar-refractivity contribution < 1.29 is 19.4 Å². The molecule has 6 heteroatoms. The van der Waals surface area contributed by atoms with Gasteiger partial charge in [-0.1, -0.05) is 61.9 Å². The van der Waals surface area contributed by atoms with E-state index in [4.69, 9.17) is 4.74 Å². The normalized spacial score (nSPS) is 21.2. The highest BCUT2D eigenvalue weighted by Crippen LogP contribution is 2.36. The summed E-state index contributed by atoms with van der Waals surface area (Å²) in [5, 5.41) is 9.86. The average Bonchev–Trinajstić information content (AvgIpc) is 3.01. The first-order chi connectivity index (χ1) is 13.5. The fraction of sp³-hybridized carbons (Fsp3) is 0.364. The predicted molar refractivity (Wildman–Crippen MR) is 109 cm³/mol. The summed E-state index contributed by atoms with van der Waals surface area (Å²) in [6, 6.07) is 18.4. The lowest BCUT2D eigenvalue weighted by atomic mass is 10.0. The van der Waals surface area contributed by atoms with Crippen molar-refractivity contribution in [2.45, 2.75) is 55.1 Å². The Labute approximate surface area is 169 Å². The van der Waals surface area contributed by atoms with Gasteiger partial charge in [0.1, 0.15) is 11.4 Å². The van der Waals surface area contributed by atoms with Crippen LogP contribution in [0.15, 0.2) is 65.6 Å². The number of nitrogens with zero attached hydrogens (tertiary/aromatic N) is 1. The van der Waals surface area contributed by atoms with Crippen molar-refractivity contribution in [3.63, 3.8) is 0 Å². The van der Waals surface area contributed by atoms with Crippen LogP contribution in [0.3, 0.4) is 0 Å². The van der Waals surface area contributed by atoms with Gasteiger partial charge in [-0.25, -0.2) is 9.69 Å². The molecule has 0 spiro atoms. The minimum absolute atomic E-state index is 0.411. The lowest BCUT2D eigenvalue weighted by Crippen LogP contribution is -2.46. The first kappa shape index (κ1) is 20.4. The summed E-state index contributed by atoms with van der Waals surface area (Å²) in [6.45, 7) is 3.76. The Bertz CT molecular complexity index is 799. The molecular weight excluding hydrogens is 374 g/mol. The third-order valence-electron chi connectivity index (χ3n) is 4.82. The van der Waals surface area contributed by atoms with Crippen LogP contribution in [0, 0.1) is 0 Å². The number of imide groups is 1. The highest BCUT2D eigenvalue weighted by atomic mass is 32.2. The lowest BCUT2D eigenvalue weighted by molar-refractivity contribution is -0.130. The predicted octanol–water partition coefficient (Wildman–Crippen LogP) is 4.42. The molecule has 1 heterocycles. The third kappa shape index (κ3) is 4.39. The second-order valence-corrected chi connectivity index (χ2v) is 8.09. The molecule has 1 aliphatic heterocycles. The summed E-state index contributed by atoms with van der Waals surface area (Å²) in [7, 11) is 0. The highest BCUT2D eigenvalue weighted by Gasteiger charge is 2.46. The molecule has 2 aromatic rings. The topological polar surface area (TPSA) is 66.8 Å². The van der Waals surface area contributed by atoms with Gasteiger partial charge in [-0.2, -0.15) is 0 Å². The van der Waals surface area contributed by atoms with Gasteiger partial charge in [0.25, 0.3) is 0 Å². The van der Waals surface area contributed by atoms with Crippen LogP contribution in [0.1, 0.15) is 38.4 Å². The molecule has 0 radical (unpaired) electrons. The highest BCUT2D eigenvalue weighted by molar-refractivity contribution is 8.00. The number of ether oxygens (including phenoxy) is 1. The molecule has 0 aliphatic carbocycles. The Hall–Kier alpha value is -2.31. The molecule has 0 saturated carbocycles. The molecule has 4 atom stereocenters. The molecule has 1 fully saturated rings. The maximum Gasteiger partial charge on any atom is 0.417 e. The molecule has 0 unspecified atom stereocenters. The smallest absolute Gasteiger partial charge is 0.417 e. The summed E-state index contributed by atoms with van der Waals surface area (Å²) in [4.78, 5) is 27.9. The van der Waals surface area contributed by atoms with Crippen LogP contribution in [0.25, 0.3) is 0 Å². The van der Waals surface area contributed by atoms with E-state index in [1.165, 1.54) is 11.8 Å². The number of carbonyl (C=O) groups is 2. The number of hydrogen-bond acceptors (Lipinski definition) is 5. The number of aliphatic hydroxyl groups is 1. The van der Waals surface area contributed by atoms with Gasteiger partial charge < -0.3 is 9.84 Å². The lowest BCUT2D eigenvalue weighted by Gasteiger charge is -2.27. The van der Waals surface area contributed by atoms with Crippen molar-refractivity contribution in [3.8, 4) is 0 Å². The van der Waals surface area contributed by atoms with E-state index in [0.717, 1.165) is 21.8 Å². The van der Waals surface area contributed by atoms with E-state index in [9.17, 15) is 14.7 Å². The standard InChI is InChI=1S/C22H25NO4S/c1-3-10-18(24)20(28-17-13-8-5-9-14-17)21(25)23-15(2)19(27-22(23)26)16-11-6-4-7-12-16/h4-9,11-15,18-20,24H,3,10H2,1-2H3/t15-,18+,19-,20-/m1/s1. The van der Waals surface area contributed by atoms with E-state index in [1.54, 1.807) is 6.92 Å². The molecule has 1 N–H and O–H groups in total. The van der Waals surface area contributed by atoms with E-state index in [0.29, 0.717) is 6.42 Å². The third-order valence-corrected chi connectivity index (χ3v) is 6.13. The van der Waals surface area contributed by atoms with Crippen LogP contribution in [0.5, 0.6) is 0 Å². The Morgan fingerprint density at radius 3 is 2.36 bits per heavy atom. The maximum atomic E-state index is 13.3. The van der Waals surface area contributed by atoms with Gasteiger partial charge in [-0.05, 0) is 31.0 Å². The molecule has 0 aromatic heterocycles. The van der Waals surface area contributed by atoms with E-state index in [2.05, 4.69) is 0 Å². The largest absolute Gasteiger partial charge is 0.439 e. The SMILES string of the molecule is CCC[C@H](O)[C@@H](Sc1ccccc1)C(=O)N1C(=O)O[C@@H](c2ccccc2)[C@H]1C. The quantitative estimate of drug-likeness (QED) is 0.698. The number of carbonyl (C=O) groups excluding carboxylic acids is 2. The van der Waals surface area contributed by atoms with Crippen LogP contribution < -0.4 is 0 Å². The molecule has 28 heavy (non-hydrogen) atoms. The summed E-state index contributed by atoms with van der Waals surface area (Å²) >= 11 is 1.28. The minimum atomic E-state index is -0.849. The van der Waals surface area contributed by atoms with E-state index < -0.39 is 35.5 Å². The molecule has 148 valence electrons. The monoisotopic (exact) mass is 399 g/mol. The van der Waals surface area contributed by atoms with E-state index in [-0.39, 0.29) is 0 Å². The summed E-state index contributed by atoms with van der Waals surface area (Å²) in [5.41, 5.74) is 0.847. The van der Waals surface area contributed by atoms with Crippen LogP contribution in [-0.4, -0.2) is 39.4 Å². The van der Waals surface area contributed by atoms with Gasteiger partial charge in [-0.3, -0.25) is 4.79 Å². The van der Waals surface area contributed by atoms with Crippen LogP contribution in [-0.2, 0) is 9.53 Å². The zero-order valence-corrected chi connectivity index (χ0v) is 16.8. The second-order valence-electron chi connectivity index (χ2n) is 6.87. The fourth-order valence-corrected chi connectivity index (χ4v) is 4.48. The van der Waals surface area contributed by atoms with Gasteiger partial charge in [0, 0.05) is 4.90 Å². The number of rotatable bonds is 7. The zero-order valence-electron chi connectivity index (χ0n) is 16.0. The van der Waals surface area contributed by atoms with Gasteiger partial charge in [0.2, 0.25) is 5.91 Å². The van der Waals surface area contributed by atoms with Crippen LogP contribution >= 0.6 is 11.8 Å². The van der Waals surface area contributed by atoms with Crippen molar-refractivity contribution in [2.75, 3.05) is 0 Å². The Morgan fingerprint density at radius 1 is 1.14 bits per heavy atom. The molecule has 0 bridgehead atoms. The van der Waals surface area contributed by atoms with Crippen molar-refractivity contribution in [2.24, 2.45) is 0 Å². The minimum Gasteiger partial charge on any atom is -0.439 e. The van der Waals surface area contributed by atoms with Crippen LogP contribution in [0.4, 0.5) is 4.79 Å². The first-order valence-electron chi connectivity index (χ1n) is 9.51. The number of cyclic esters (lactones) is 1. The van der Waals surface area contributed by atoms with Gasteiger partial charge in [0.05, 0.1) is 12.1 Å². The molecule has 1 aliphatic rings. The number of thioether (sulfide) groups is 1. The molecule has 2 amide bonds. The number of hydrogen-bond donors (Lipinski definition) is 1. The van der Waals surface area contributed by atoms with Crippen molar-refractivity contribution in [3.05, 3.63) is 66.2 Å². The fourth-order valence-electron chi connectivity index (χ4n) is 3.37. The Balaban J connectivity index is 1.84. The Morgan fingerprint density at radius 2 is 1.75 bits per heavy atom. The molecule has 1 saturated heterocycles. The molecule has 2 aromatic carbocycles. The zero-order chi connectivity index (χ0) is 20.1. The molecule has 5 nitrogen and oxygen atoms in total. The van der Waals surface area contributed by atoms with Crippen molar-refractivity contribution in [1.29, 1.82) is 0 Å². The molecule has 3 rings (SSSR count). The average molecular weight is 400 g/mol. The second kappa shape index (κ2) is 9.26. The summed E-state index contributed by atoms with van der Waals surface area (Å²) < 4.78 is 5.51. The molecular formula is C22H25NO4S. The number of aliphatic hydroxyl groups excluding tert-OH is 1. The van der Waals surface area contributed by atoms with Gasteiger partial charge in [-0.15, -0.1) is 11.8 Å². The summed E-state index contributed by atoms with van der Waals surface area (Å²) in [5.74, 6) is -0.411. The Kier molecular flexibility index (Phi) is 6.75. The van der Waals surface area contributed by atoms with Gasteiger partial charge >= 0.3 is 6.09 Å². The maximum absolute atomic E-state index is 13.3. The van der Waals surface area contributed by atoms with E-state index in [1.807, 2.05) is 67.6 Å².